The fourth-order valence-electron chi connectivity index (χ4n) is 1.01. The van der Waals surface area contributed by atoms with Gasteiger partial charge in [-0.3, -0.25) is 5.41 Å². The Morgan fingerprint density at radius 1 is 1.43 bits per heavy atom. The van der Waals surface area contributed by atoms with Gasteiger partial charge >= 0.3 is 0 Å². The molecule has 1 aromatic rings. The maximum Gasteiger partial charge on any atom is 0.124 e. The zero-order valence-corrected chi connectivity index (χ0v) is 7.54. The molecule has 3 heteroatoms. The molecule has 0 spiro atoms. The van der Waals surface area contributed by atoms with E-state index in [1.165, 1.54) is 0 Å². The van der Waals surface area contributed by atoms with E-state index in [0.29, 0.717) is 11.1 Å². The average molecular weight is 183 g/mol. The minimum absolute atomic E-state index is 0.00754. The van der Waals surface area contributed by atoms with E-state index in [2.05, 4.69) is 11.8 Å². The maximum atomic E-state index is 8.30. The lowest BCUT2D eigenvalue weighted by molar-refractivity contribution is 1.39. The predicted molar refractivity (Wildman–Crippen MR) is 54.6 cm³/mol. The molecule has 0 aliphatic carbocycles. The van der Waals surface area contributed by atoms with E-state index in [0.717, 1.165) is 0 Å². The number of hydrogen-bond acceptors (Lipinski definition) is 2. The number of amidine groups is 1. The Hall–Kier alpha value is -2.26. The summed E-state index contributed by atoms with van der Waals surface area (Å²) in [6.45, 7) is 0. The highest BCUT2D eigenvalue weighted by Gasteiger charge is 2.00. The van der Waals surface area contributed by atoms with Crippen molar-refractivity contribution in [3.05, 3.63) is 35.4 Å². The highest BCUT2D eigenvalue weighted by atomic mass is 14.7. The first-order valence-corrected chi connectivity index (χ1v) is 4.05. The summed E-state index contributed by atoms with van der Waals surface area (Å²) < 4.78 is 0. The minimum atomic E-state index is -0.00754. The molecular weight excluding hydrogens is 174 g/mol. The van der Waals surface area contributed by atoms with Crippen LogP contribution in [-0.4, -0.2) is 5.84 Å². The standard InChI is InChI=1S/C11H9N3/c12-8-4-3-6-9-5-1-2-7-10(9)11(13)14/h1-2,5,7H,4H2,(H3,13,14). The Bertz CT molecular complexity index is 444. The van der Waals surface area contributed by atoms with Crippen molar-refractivity contribution in [3.63, 3.8) is 0 Å². The van der Waals surface area contributed by atoms with Crippen molar-refractivity contribution in [1.29, 1.82) is 10.7 Å². The normalized spacial score (nSPS) is 8.21. The third kappa shape index (κ3) is 2.36. The molecule has 0 radical (unpaired) electrons. The van der Waals surface area contributed by atoms with Crippen LogP contribution >= 0.6 is 0 Å². The van der Waals surface area contributed by atoms with Crippen LogP contribution in [0.25, 0.3) is 0 Å². The monoisotopic (exact) mass is 183 g/mol. The highest BCUT2D eigenvalue weighted by molar-refractivity contribution is 5.97. The van der Waals surface area contributed by atoms with Gasteiger partial charge in [-0.05, 0) is 6.07 Å². The molecule has 3 N–H and O–H groups in total. The van der Waals surface area contributed by atoms with Crippen LogP contribution in [0.3, 0.4) is 0 Å². The number of nitriles is 1. The average Bonchev–Trinajstić information content (AvgIpc) is 2.19. The Morgan fingerprint density at radius 3 is 2.79 bits per heavy atom. The Balaban J connectivity index is 3.05. The number of rotatable bonds is 1. The number of benzene rings is 1. The van der Waals surface area contributed by atoms with Crippen molar-refractivity contribution in [1.82, 2.24) is 0 Å². The quantitative estimate of drug-likeness (QED) is 0.390. The van der Waals surface area contributed by atoms with Gasteiger partial charge in [0, 0.05) is 11.1 Å². The van der Waals surface area contributed by atoms with Crippen LogP contribution in [0.15, 0.2) is 24.3 Å². The summed E-state index contributed by atoms with van der Waals surface area (Å²) in [5.74, 6) is 5.48. The molecule has 0 heterocycles. The molecule has 0 saturated heterocycles. The summed E-state index contributed by atoms with van der Waals surface area (Å²) in [6, 6.07) is 9.06. The fraction of sp³-hybridized carbons (Fsp3) is 0.0909. The van der Waals surface area contributed by atoms with Crippen molar-refractivity contribution < 1.29 is 0 Å². The Labute approximate surface area is 82.7 Å². The van der Waals surface area contributed by atoms with Crippen LogP contribution < -0.4 is 5.73 Å². The second-order valence-corrected chi connectivity index (χ2v) is 2.60. The summed E-state index contributed by atoms with van der Waals surface area (Å²) >= 11 is 0. The largest absolute Gasteiger partial charge is 0.384 e. The van der Waals surface area contributed by atoms with Crippen molar-refractivity contribution >= 4 is 5.84 Å². The second kappa shape index (κ2) is 4.69. The summed E-state index contributed by atoms with van der Waals surface area (Å²) in [6.07, 6.45) is 0.187. The number of nitrogens with zero attached hydrogens (tertiary/aromatic N) is 1. The van der Waals surface area contributed by atoms with Crippen LogP contribution in [0.5, 0.6) is 0 Å². The van der Waals surface area contributed by atoms with Gasteiger partial charge in [0.1, 0.15) is 5.84 Å². The zero-order chi connectivity index (χ0) is 10.4. The third-order valence-electron chi connectivity index (χ3n) is 1.61. The number of hydrogen-bond donors (Lipinski definition) is 2. The SMILES string of the molecule is N#CCC#Cc1ccccc1C(=N)N. The smallest absolute Gasteiger partial charge is 0.124 e. The van der Waals surface area contributed by atoms with Gasteiger partial charge in [-0.2, -0.15) is 5.26 Å². The molecule has 0 aliphatic heterocycles. The van der Waals surface area contributed by atoms with Crippen LogP contribution in [0, 0.1) is 28.6 Å². The second-order valence-electron chi connectivity index (χ2n) is 2.60. The Morgan fingerprint density at radius 2 is 2.14 bits per heavy atom. The van der Waals surface area contributed by atoms with E-state index in [-0.39, 0.29) is 12.3 Å². The van der Waals surface area contributed by atoms with Crippen LogP contribution in [0.1, 0.15) is 17.5 Å². The number of nitrogen functional groups attached to an aromatic ring is 1. The zero-order valence-electron chi connectivity index (χ0n) is 7.54. The molecule has 0 saturated carbocycles. The molecule has 0 amide bonds. The van der Waals surface area contributed by atoms with E-state index >= 15 is 0 Å². The molecule has 0 fully saturated rings. The van der Waals surface area contributed by atoms with E-state index in [1.807, 2.05) is 12.1 Å². The van der Waals surface area contributed by atoms with E-state index in [1.54, 1.807) is 18.2 Å². The number of nitrogens with two attached hydrogens (primary N) is 1. The van der Waals surface area contributed by atoms with Gasteiger partial charge < -0.3 is 5.73 Å². The molecule has 68 valence electrons. The number of nitrogens with one attached hydrogen (secondary N) is 1. The van der Waals surface area contributed by atoms with Gasteiger partial charge in [0.25, 0.3) is 0 Å². The molecule has 3 nitrogen and oxygen atoms in total. The van der Waals surface area contributed by atoms with E-state index in [4.69, 9.17) is 16.4 Å². The van der Waals surface area contributed by atoms with Crippen LogP contribution in [0.4, 0.5) is 0 Å². The first kappa shape index (κ1) is 9.83. The first-order chi connectivity index (χ1) is 6.75. The van der Waals surface area contributed by atoms with Gasteiger partial charge in [-0.15, -0.1) is 0 Å². The molecule has 1 rings (SSSR count). The highest BCUT2D eigenvalue weighted by Crippen LogP contribution is 2.05. The van der Waals surface area contributed by atoms with Crippen molar-refractivity contribution in [2.75, 3.05) is 0 Å². The molecule has 0 unspecified atom stereocenters. The van der Waals surface area contributed by atoms with Gasteiger partial charge in [-0.25, -0.2) is 0 Å². The molecule has 0 aromatic heterocycles. The maximum absolute atomic E-state index is 8.30. The predicted octanol–water partition coefficient (Wildman–Crippen LogP) is 1.24. The molecule has 0 bridgehead atoms. The van der Waals surface area contributed by atoms with E-state index < -0.39 is 0 Å². The molecule has 0 atom stereocenters. The van der Waals surface area contributed by atoms with Crippen LogP contribution in [-0.2, 0) is 0 Å². The van der Waals surface area contributed by atoms with Crippen LogP contribution in [0.2, 0.25) is 0 Å². The van der Waals surface area contributed by atoms with Gasteiger partial charge in [-0.1, -0.05) is 30.0 Å². The van der Waals surface area contributed by atoms with Crippen molar-refractivity contribution in [2.45, 2.75) is 6.42 Å². The van der Waals surface area contributed by atoms with Gasteiger partial charge in [0.05, 0.1) is 12.5 Å². The van der Waals surface area contributed by atoms with Crippen molar-refractivity contribution in [2.24, 2.45) is 5.73 Å². The fourth-order valence-corrected chi connectivity index (χ4v) is 1.01. The van der Waals surface area contributed by atoms with Gasteiger partial charge in [0.2, 0.25) is 0 Å². The Kier molecular flexibility index (Phi) is 3.29. The summed E-state index contributed by atoms with van der Waals surface area (Å²) in [5, 5.41) is 15.6. The lowest BCUT2D eigenvalue weighted by Crippen LogP contribution is -2.12. The third-order valence-corrected chi connectivity index (χ3v) is 1.61. The summed E-state index contributed by atoms with van der Waals surface area (Å²) in [5.41, 5.74) is 6.67. The molecule has 14 heavy (non-hydrogen) atoms. The summed E-state index contributed by atoms with van der Waals surface area (Å²) in [7, 11) is 0. The van der Waals surface area contributed by atoms with E-state index in [9.17, 15) is 0 Å². The minimum Gasteiger partial charge on any atom is -0.384 e. The molecular formula is C11H9N3. The lowest BCUT2D eigenvalue weighted by Gasteiger charge is -2.00. The summed E-state index contributed by atoms with van der Waals surface area (Å²) in [4.78, 5) is 0. The molecule has 1 aromatic carbocycles. The topological polar surface area (TPSA) is 73.7 Å². The van der Waals surface area contributed by atoms with Crippen molar-refractivity contribution in [3.8, 4) is 17.9 Å². The first-order valence-electron chi connectivity index (χ1n) is 4.05. The van der Waals surface area contributed by atoms with Gasteiger partial charge in [0.15, 0.2) is 0 Å². The lowest BCUT2D eigenvalue weighted by atomic mass is 10.1. The molecule has 0 aliphatic rings.